The van der Waals surface area contributed by atoms with Gasteiger partial charge in [-0.15, -0.1) is 0 Å². The lowest BCUT2D eigenvalue weighted by Crippen LogP contribution is -2.60. The molecule has 1 spiro atoms. The van der Waals surface area contributed by atoms with Crippen molar-refractivity contribution in [3.05, 3.63) is 47.3 Å². The van der Waals surface area contributed by atoms with Gasteiger partial charge in [-0.1, -0.05) is 23.4 Å². The molecule has 1 aromatic heterocycles. The van der Waals surface area contributed by atoms with Crippen LogP contribution in [0, 0.1) is 12.3 Å². The number of amides is 1. The van der Waals surface area contributed by atoms with Gasteiger partial charge >= 0.3 is 0 Å². The van der Waals surface area contributed by atoms with Crippen molar-refractivity contribution >= 4 is 5.91 Å². The SMILES string of the molecule is Cc1onc(C(=O)N2CCC3(CC2)CC[C@]3(C)O)c1COc1ccccc1. The Morgan fingerprint density at radius 1 is 1.22 bits per heavy atom. The molecule has 1 N–H and O–H groups in total. The predicted octanol–water partition coefficient (Wildman–Crippen LogP) is 3.33. The summed E-state index contributed by atoms with van der Waals surface area (Å²) < 4.78 is 11.1. The summed E-state index contributed by atoms with van der Waals surface area (Å²) in [6.07, 6.45) is 3.56. The molecule has 6 heteroatoms. The Morgan fingerprint density at radius 2 is 1.93 bits per heavy atom. The molecule has 2 fully saturated rings. The lowest BCUT2D eigenvalue weighted by atomic mass is 9.53. The molecule has 1 aromatic carbocycles. The zero-order valence-corrected chi connectivity index (χ0v) is 15.9. The topological polar surface area (TPSA) is 75.8 Å². The minimum absolute atomic E-state index is 0.0250. The van der Waals surface area contributed by atoms with E-state index in [2.05, 4.69) is 5.16 Å². The lowest BCUT2D eigenvalue weighted by Gasteiger charge is -2.58. The molecule has 0 bridgehead atoms. The van der Waals surface area contributed by atoms with E-state index in [1.807, 2.05) is 42.2 Å². The van der Waals surface area contributed by atoms with Crippen molar-refractivity contribution in [2.45, 2.75) is 51.7 Å². The smallest absolute Gasteiger partial charge is 0.276 e. The average Bonchev–Trinajstić information content (AvgIpc) is 3.06. The molecule has 1 amide bonds. The first kappa shape index (κ1) is 18.0. The van der Waals surface area contributed by atoms with Gasteiger partial charge in [0.15, 0.2) is 5.69 Å². The standard InChI is InChI=1S/C21H26N2O4/c1-15-17(14-26-16-6-4-3-5-7-16)18(22-27-15)19(24)23-12-10-21(11-13-23)9-8-20(21,2)25/h3-7,25H,8-14H2,1-2H3/t20-/m0/s1. The maximum atomic E-state index is 13.0. The van der Waals surface area contributed by atoms with Crippen LogP contribution in [0.15, 0.2) is 34.9 Å². The maximum absolute atomic E-state index is 13.0. The van der Waals surface area contributed by atoms with Gasteiger partial charge < -0.3 is 19.3 Å². The van der Waals surface area contributed by atoms with E-state index >= 15 is 0 Å². The normalized spacial score (nSPS) is 23.9. The molecule has 144 valence electrons. The van der Waals surface area contributed by atoms with Crippen LogP contribution in [-0.4, -0.2) is 39.8 Å². The highest BCUT2D eigenvalue weighted by atomic mass is 16.5. The Morgan fingerprint density at radius 3 is 2.52 bits per heavy atom. The largest absolute Gasteiger partial charge is 0.489 e. The number of rotatable bonds is 4. The molecule has 1 aliphatic carbocycles. The molecule has 1 atom stereocenters. The van der Waals surface area contributed by atoms with Crippen molar-refractivity contribution in [3.63, 3.8) is 0 Å². The zero-order chi connectivity index (χ0) is 19.1. The van der Waals surface area contributed by atoms with Crippen LogP contribution in [0.3, 0.4) is 0 Å². The summed E-state index contributed by atoms with van der Waals surface area (Å²) >= 11 is 0. The van der Waals surface area contributed by atoms with E-state index in [4.69, 9.17) is 9.26 Å². The van der Waals surface area contributed by atoms with E-state index in [0.717, 1.165) is 31.4 Å². The molecular formula is C21H26N2O4. The Balaban J connectivity index is 1.44. The third-order valence-corrected chi connectivity index (χ3v) is 6.55. The number of hydrogen-bond donors (Lipinski definition) is 1. The van der Waals surface area contributed by atoms with Crippen LogP contribution in [0.5, 0.6) is 5.75 Å². The number of carbonyl (C=O) groups excluding carboxylic acids is 1. The number of aliphatic hydroxyl groups is 1. The van der Waals surface area contributed by atoms with Gasteiger partial charge in [-0.05, 0) is 51.7 Å². The fraction of sp³-hybridized carbons (Fsp3) is 0.524. The van der Waals surface area contributed by atoms with Gasteiger partial charge in [0.1, 0.15) is 18.1 Å². The van der Waals surface area contributed by atoms with Crippen LogP contribution >= 0.6 is 0 Å². The van der Waals surface area contributed by atoms with Gasteiger partial charge in [-0.3, -0.25) is 4.79 Å². The summed E-state index contributed by atoms with van der Waals surface area (Å²) in [7, 11) is 0. The van der Waals surface area contributed by atoms with Gasteiger partial charge in [0.2, 0.25) is 0 Å². The van der Waals surface area contributed by atoms with Crippen LogP contribution in [0.4, 0.5) is 0 Å². The van der Waals surface area contributed by atoms with Crippen LogP contribution in [0.2, 0.25) is 0 Å². The number of piperidine rings is 1. The van der Waals surface area contributed by atoms with Crippen LogP contribution in [-0.2, 0) is 6.61 Å². The molecule has 0 radical (unpaired) electrons. The van der Waals surface area contributed by atoms with Crippen molar-refractivity contribution in [1.82, 2.24) is 10.1 Å². The number of ether oxygens (including phenoxy) is 1. The first-order chi connectivity index (χ1) is 12.9. The maximum Gasteiger partial charge on any atom is 0.276 e. The van der Waals surface area contributed by atoms with E-state index in [-0.39, 0.29) is 17.9 Å². The summed E-state index contributed by atoms with van der Waals surface area (Å²) in [5.74, 6) is 1.22. The second kappa shape index (κ2) is 6.68. The number of aryl methyl sites for hydroxylation is 1. The van der Waals surface area contributed by atoms with Crippen LogP contribution in [0.1, 0.15) is 54.4 Å². The minimum Gasteiger partial charge on any atom is -0.489 e. The summed E-state index contributed by atoms with van der Waals surface area (Å²) in [6, 6.07) is 9.48. The monoisotopic (exact) mass is 370 g/mol. The number of likely N-dealkylation sites (tertiary alicyclic amines) is 1. The highest BCUT2D eigenvalue weighted by Crippen LogP contribution is 2.56. The fourth-order valence-electron chi connectivity index (χ4n) is 4.32. The number of hydrogen-bond acceptors (Lipinski definition) is 5. The summed E-state index contributed by atoms with van der Waals surface area (Å²) in [6.45, 7) is 5.24. The third-order valence-electron chi connectivity index (χ3n) is 6.55. The first-order valence-corrected chi connectivity index (χ1v) is 9.57. The molecular weight excluding hydrogens is 344 g/mol. The molecule has 0 unspecified atom stereocenters. The highest BCUT2D eigenvalue weighted by Gasteiger charge is 2.56. The van der Waals surface area contributed by atoms with Gasteiger partial charge in [-0.2, -0.15) is 0 Å². The Kier molecular flexibility index (Phi) is 4.46. The van der Waals surface area contributed by atoms with Crippen molar-refractivity contribution in [1.29, 1.82) is 0 Å². The number of para-hydroxylation sites is 1. The Hall–Kier alpha value is -2.34. The Bertz CT molecular complexity index is 820. The van der Waals surface area contributed by atoms with Crippen molar-refractivity contribution in [2.75, 3.05) is 13.1 Å². The van der Waals surface area contributed by atoms with Crippen molar-refractivity contribution < 1.29 is 19.2 Å². The van der Waals surface area contributed by atoms with Gasteiger partial charge in [0, 0.05) is 18.5 Å². The quantitative estimate of drug-likeness (QED) is 0.893. The summed E-state index contributed by atoms with van der Waals surface area (Å²) in [5.41, 5.74) is 0.406. The van der Waals surface area contributed by atoms with Crippen molar-refractivity contribution in [3.8, 4) is 5.75 Å². The lowest BCUT2D eigenvalue weighted by molar-refractivity contribution is -0.174. The van der Waals surface area contributed by atoms with Crippen molar-refractivity contribution in [2.24, 2.45) is 5.41 Å². The number of benzene rings is 1. The summed E-state index contributed by atoms with van der Waals surface area (Å²) in [4.78, 5) is 14.8. The molecule has 1 saturated carbocycles. The third kappa shape index (κ3) is 3.12. The molecule has 27 heavy (non-hydrogen) atoms. The highest BCUT2D eigenvalue weighted by molar-refractivity contribution is 5.93. The number of aromatic nitrogens is 1. The van der Waals surface area contributed by atoms with E-state index in [1.165, 1.54) is 0 Å². The number of nitrogens with zero attached hydrogens (tertiary/aromatic N) is 2. The van der Waals surface area contributed by atoms with Gasteiger partial charge in [-0.25, -0.2) is 0 Å². The number of carbonyl (C=O) groups is 1. The molecule has 2 aromatic rings. The van der Waals surface area contributed by atoms with E-state index in [9.17, 15) is 9.90 Å². The minimum atomic E-state index is -0.596. The van der Waals surface area contributed by atoms with E-state index in [0.29, 0.717) is 30.1 Å². The zero-order valence-electron chi connectivity index (χ0n) is 15.9. The van der Waals surface area contributed by atoms with E-state index < -0.39 is 5.60 Å². The van der Waals surface area contributed by atoms with Gasteiger partial charge in [0.05, 0.1) is 11.2 Å². The summed E-state index contributed by atoms with van der Waals surface area (Å²) in [5, 5.41) is 14.5. The molecule has 6 nitrogen and oxygen atoms in total. The second-order valence-corrected chi connectivity index (χ2v) is 8.01. The molecule has 4 rings (SSSR count). The van der Waals surface area contributed by atoms with E-state index in [1.54, 1.807) is 6.92 Å². The van der Waals surface area contributed by atoms with Crippen LogP contribution < -0.4 is 4.74 Å². The fourth-order valence-corrected chi connectivity index (χ4v) is 4.32. The second-order valence-electron chi connectivity index (χ2n) is 8.01. The molecule has 2 heterocycles. The molecule has 1 saturated heterocycles. The molecule has 2 aliphatic rings. The predicted molar refractivity (Wildman–Crippen MR) is 99.4 cm³/mol. The van der Waals surface area contributed by atoms with Gasteiger partial charge in [0.25, 0.3) is 5.91 Å². The molecule has 1 aliphatic heterocycles. The first-order valence-electron chi connectivity index (χ1n) is 9.57. The van der Waals surface area contributed by atoms with Crippen LogP contribution in [0.25, 0.3) is 0 Å². The average molecular weight is 370 g/mol. The Labute approximate surface area is 159 Å².